The fraction of sp³-hybridized carbons (Fsp3) is 0.217. The van der Waals surface area contributed by atoms with E-state index in [1.54, 1.807) is 6.07 Å². The molecule has 0 spiro atoms. The predicted molar refractivity (Wildman–Crippen MR) is 102 cm³/mol. The number of nitrogens with zero attached hydrogens (tertiary/aromatic N) is 1. The highest BCUT2D eigenvalue weighted by Gasteiger charge is 2.38. The van der Waals surface area contributed by atoms with Crippen LogP contribution in [0.25, 0.3) is 0 Å². The molecular weight excluding hydrogens is 363 g/mol. The van der Waals surface area contributed by atoms with Gasteiger partial charge in [-0.05, 0) is 23.3 Å². The monoisotopic (exact) mass is 383 g/mol. The van der Waals surface area contributed by atoms with E-state index in [0.717, 1.165) is 17.2 Å². The second kappa shape index (κ2) is 7.68. The van der Waals surface area contributed by atoms with E-state index in [9.17, 15) is 13.2 Å². The van der Waals surface area contributed by atoms with Crippen molar-refractivity contribution >= 4 is 0 Å². The zero-order valence-electron chi connectivity index (χ0n) is 15.1. The van der Waals surface area contributed by atoms with Gasteiger partial charge in [0.15, 0.2) is 0 Å². The zero-order chi connectivity index (χ0) is 19.6. The number of hydrogen-bond donors (Lipinski definition) is 0. The maximum absolute atomic E-state index is 13.2. The first-order valence-corrected chi connectivity index (χ1v) is 9.19. The highest BCUT2D eigenvalue weighted by Crippen LogP contribution is 2.38. The molecule has 144 valence electrons. The van der Waals surface area contributed by atoms with Crippen LogP contribution < -0.4 is 4.74 Å². The highest BCUT2D eigenvalue weighted by molar-refractivity contribution is 5.36. The van der Waals surface area contributed by atoms with Crippen molar-refractivity contribution in [1.82, 2.24) is 4.90 Å². The SMILES string of the molecule is FC(F)(F)c1ccccc1OC1CN(C(c2ccccc2)c2ccccc2)C1. The van der Waals surface area contributed by atoms with Crippen LogP contribution in [0.5, 0.6) is 5.75 Å². The third-order valence-electron chi connectivity index (χ3n) is 4.96. The summed E-state index contributed by atoms with van der Waals surface area (Å²) in [5, 5.41) is 0. The van der Waals surface area contributed by atoms with E-state index in [1.165, 1.54) is 12.1 Å². The molecule has 0 unspecified atom stereocenters. The summed E-state index contributed by atoms with van der Waals surface area (Å²) in [7, 11) is 0. The molecule has 0 bridgehead atoms. The number of para-hydroxylation sites is 1. The number of rotatable bonds is 5. The van der Waals surface area contributed by atoms with Gasteiger partial charge >= 0.3 is 6.18 Å². The maximum atomic E-state index is 13.2. The second-order valence-electron chi connectivity index (χ2n) is 6.91. The summed E-state index contributed by atoms with van der Waals surface area (Å²) in [6.07, 6.45) is -4.69. The Bertz CT molecular complexity index is 866. The average molecular weight is 383 g/mol. The van der Waals surface area contributed by atoms with Gasteiger partial charge in [0.2, 0.25) is 0 Å². The molecule has 4 rings (SSSR count). The van der Waals surface area contributed by atoms with Crippen LogP contribution in [0.15, 0.2) is 84.9 Å². The van der Waals surface area contributed by atoms with Gasteiger partial charge in [0.1, 0.15) is 11.9 Å². The van der Waals surface area contributed by atoms with E-state index in [4.69, 9.17) is 4.74 Å². The second-order valence-corrected chi connectivity index (χ2v) is 6.91. The lowest BCUT2D eigenvalue weighted by Crippen LogP contribution is -2.55. The first kappa shape index (κ1) is 18.6. The van der Waals surface area contributed by atoms with Gasteiger partial charge in [0, 0.05) is 13.1 Å². The van der Waals surface area contributed by atoms with Crippen LogP contribution in [0.3, 0.4) is 0 Å². The average Bonchev–Trinajstić information content (AvgIpc) is 2.67. The number of alkyl halides is 3. The van der Waals surface area contributed by atoms with E-state index in [0.29, 0.717) is 13.1 Å². The van der Waals surface area contributed by atoms with Crippen LogP contribution in [-0.4, -0.2) is 24.1 Å². The summed E-state index contributed by atoms with van der Waals surface area (Å²) in [6.45, 7) is 1.14. The molecule has 0 saturated carbocycles. The van der Waals surface area contributed by atoms with Crippen LogP contribution >= 0.6 is 0 Å². The molecular formula is C23H20F3NO. The third-order valence-corrected chi connectivity index (χ3v) is 4.96. The van der Waals surface area contributed by atoms with E-state index in [-0.39, 0.29) is 17.9 Å². The number of benzene rings is 3. The molecule has 1 saturated heterocycles. The zero-order valence-corrected chi connectivity index (χ0v) is 15.1. The topological polar surface area (TPSA) is 12.5 Å². The summed E-state index contributed by atoms with van der Waals surface area (Å²) in [5.41, 5.74) is 1.59. The van der Waals surface area contributed by atoms with Crippen LogP contribution in [0, 0.1) is 0 Å². The van der Waals surface area contributed by atoms with Gasteiger partial charge in [0.05, 0.1) is 11.6 Å². The number of likely N-dealkylation sites (tertiary alicyclic amines) is 1. The quantitative estimate of drug-likeness (QED) is 0.572. The van der Waals surface area contributed by atoms with E-state index in [2.05, 4.69) is 29.2 Å². The lowest BCUT2D eigenvalue weighted by atomic mass is 9.94. The molecule has 1 heterocycles. The molecule has 0 atom stereocenters. The molecule has 1 aliphatic rings. The van der Waals surface area contributed by atoms with Crippen molar-refractivity contribution < 1.29 is 17.9 Å². The smallest absolute Gasteiger partial charge is 0.419 e. The Morgan fingerprint density at radius 1 is 0.750 bits per heavy atom. The Hall–Kier alpha value is -2.79. The Kier molecular flexibility index (Phi) is 5.09. The Morgan fingerprint density at radius 2 is 1.25 bits per heavy atom. The summed E-state index contributed by atoms with van der Waals surface area (Å²) in [5.74, 6) is -0.101. The largest absolute Gasteiger partial charge is 0.487 e. The normalized spacial score (nSPS) is 15.4. The molecule has 2 nitrogen and oxygen atoms in total. The molecule has 3 aromatic carbocycles. The van der Waals surface area contributed by atoms with Gasteiger partial charge in [0.25, 0.3) is 0 Å². The number of halogens is 3. The lowest BCUT2D eigenvalue weighted by Gasteiger charge is -2.44. The summed E-state index contributed by atoms with van der Waals surface area (Å²) in [4.78, 5) is 2.23. The molecule has 0 amide bonds. The summed E-state index contributed by atoms with van der Waals surface area (Å²) in [6, 6.07) is 25.7. The van der Waals surface area contributed by atoms with Crippen LogP contribution in [0.2, 0.25) is 0 Å². The molecule has 0 N–H and O–H groups in total. The van der Waals surface area contributed by atoms with Crippen molar-refractivity contribution in [3.63, 3.8) is 0 Å². The molecule has 0 aliphatic carbocycles. The van der Waals surface area contributed by atoms with Crippen LogP contribution in [0.4, 0.5) is 13.2 Å². The van der Waals surface area contributed by atoms with Crippen molar-refractivity contribution in [2.45, 2.75) is 18.3 Å². The van der Waals surface area contributed by atoms with Crippen molar-refractivity contribution in [3.8, 4) is 5.75 Å². The first-order chi connectivity index (χ1) is 13.5. The maximum Gasteiger partial charge on any atom is 0.419 e. The van der Waals surface area contributed by atoms with E-state index >= 15 is 0 Å². The van der Waals surface area contributed by atoms with Crippen LogP contribution in [0.1, 0.15) is 22.7 Å². The number of hydrogen-bond acceptors (Lipinski definition) is 2. The molecule has 1 fully saturated rings. The molecule has 3 aromatic rings. The van der Waals surface area contributed by atoms with Gasteiger partial charge in [-0.3, -0.25) is 4.90 Å². The van der Waals surface area contributed by atoms with Crippen LogP contribution in [-0.2, 0) is 6.18 Å². The predicted octanol–water partition coefficient (Wildman–Crippen LogP) is 5.56. The molecule has 1 aliphatic heterocycles. The van der Waals surface area contributed by atoms with Gasteiger partial charge in [-0.25, -0.2) is 0 Å². The van der Waals surface area contributed by atoms with E-state index in [1.807, 2.05) is 36.4 Å². The fourth-order valence-corrected chi connectivity index (χ4v) is 3.62. The minimum atomic E-state index is -4.42. The minimum absolute atomic E-state index is 0.0557. The van der Waals surface area contributed by atoms with Gasteiger partial charge < -0.3 is 4.74 Å². The first-order valence-electron chi connectivity index (χ1n) is 9.19. The Morgan fingerprint density at radius 3 is 1.79 bits per heavy atom. The van der Waals surface area contributed by atoms with E-state index < -0.39 is 11.7 Å². The minimum Gasteiger partial charge on any atom is -0.487 e. The highest BCUT2D eigenvalue weighted by atomic mass is 19.4. The molecule has 5 heteroatoms. The van der Waals surface area contributed by atoms with Crippen molar-refractivity contribution in [3.05, 3.63) is 102 Å². The van der Waals surface area contributed by atoms with Gasteiger partial charge in [-0.1, -0.05) is 72.8 Å². The van der Waals surface area contributed by atoms with Gasteiger partial charge in [-0.15, -0.1) is 0 Å². The summed E-state index contributed by atoms with van der Waals surface area (Å²) < 4.78 is 45.2. The van der Waals surface area contributed by atoms with Crippen molar-refractivity contribution in [2.75, 3.05) is 13.1 Å². The lowest BCUT2D eigenvalue weighted by molar-refractivity contribution is -0.140. The Balaban J connectivity index is 1.50. The van der Waals surface area contributed by atoms with Crippen molar-refractivity contribution in [2.24, 2.45) is 0 Å². The van der Waals surface area contributed by atoms with Crippen molar-refractivity contribution in [1.29, 1.82) is 0 Å². The molecule has 0 aromatic heterocycles. The number of ether oxygens (including phenoxy) is 1. The molecule has 0 radical (unpaired) electrons. The summed E-state index contributed by atoms with van der Waals surface area (Å²) >= 11 is 0. The molecule has 28 heavy (non-hydrogen) atoms. The Labute approximate surface area is 162 Å². The fourth-order valence-electron chi connectivity index (χ4n) is 3.62. The van der Waals surface area contributed by atoms with Gasteiger partial charge in [-0.2, -0.15) is 13.2 Å². The third kappa shape index (κ3) is 3.90. The standard InChI is InChI=1S/C23H20F3NO/c24-23(25,26)20-13-7-8-14-21(20)28-19-15-27(16-19)22(17-9-3-1-4-10-17)18-11-5-2-6-12-18/h1-14,19,22H,15-16H2.